The highest BCUT2D eigenvalue weighted by Gasteiger charge is 2.20. The van der Waals surface area contributed by atoms with E-state index < -0.39 is 0 Å². The van der Waals surface area contributed by atoms with Gasteiger partial charge in [0.1, 0.15) is 7.05 Å². The van der Waals surface area contributed by atoms with E-state index in [1.54, 1.807) is 0 Å². The summed E-state index contributed by atoms with van der Waals surface area (Å²) in [6.07, 6.45) is 1.02. The van der Waals surface area contributed by atoms with Crippen molar-refractivity contribution in [2.24, 2.45) is 7.05 Å². The summed E-state index contributed by atoms with van der Waals surface area (Å²) in [5.41, 5.74) is 8.35. The van der Waals surface area contributed by atoms with Crippen LogP contribution in [0.1, 0.15) is 25.1 Å². The number of nitrogens with zero attached hydrogens (tertiary/aromatic N) is 1. The maximum Gasteiger partial charge on any atom is 0.220 e. The van der Waals surface area contributed by atoms with E-state index in [2.05, 4.69) is 86.1 Å². The normalized spacial score (nSPS) is 11.6. The highest BCUT2D eigenvalue weighted by Crippen LogP contribution is 2.32. The molecule has 0 saturated carbocycles. The lowest BCUT2D eigenvalue weighted by Gasteiger charge is -2.12. The molecule has 27 heavy (non-hydrogen) atoms. The Hall–Kier alpha value is -2.93. The Morgan fingerprint density at radius 3 is 2.41 bits per heavy atom. The van der Waals surface area contributed by atoms with Gasteiger partial charge in [0.15, 0.2) is 5.69 Å². The van der Waals surface area contributed by atoms with Gasteiger partial charge in [0.05, 0.1) is 6.76 Å². The fraction of sp³-hybridized carbons (Fsp3) is 0.192. The highest BCUT2D eigenvalue weighted by atomic mass is 14.9. The third-order valence-corrected chi connectivity index (χ3v) is 5.50. The largest absolute Gasteiger partial charge is 0.220 e. The van der Waals surface area contributed by atoms with Crippen LogP contribution in [0.3, 0.4) is 0 Å². The monoisotopic (exact) mass is 353 g/mol. The molecule has 0 fully saturated rings. The van der Waals surface area contributed by atoms with Crippen molar-refractivity contribution in [3.8, 4) is 22.4 Å². The van der Waals surface area contributed by atoms with E-state index in [1.807, 2.05) is 13.0 Å². The van der Waals surface area contributed by atoms with Crippen LogP contribution in [-0.2, 0) is 13.5 Å². The van der Waals surface area contributed by atoms with Gasteiger partial charge in [0, 0.05) is 18.5 Å². The molecule has 1 heteroatoms. The van der Waals surface area contributed by atoms with E-state index in [0.717, 1.165) is 28.5 Å². The van der Waals surface area contributed by atoms with Crippen LogP contribution in [0.5, 0.6) is 0 Å². The van der Waals surface area contributed by atoms with Crippen molar-refractivity contribution in [2.75, 3.05) is 0 Å². The third kappa shape index (κ3) is 3.14. The van der Waals surface area contributed by atoms with E-state index in [4.69, 9.17) is 1.37 Å². The minimum Gasteiger partial charge on any atom is -0.198 e. The van der Waals surface area contributed by atoms with Crippen molar-refractivity contribution < 1.29 is 5.94 Å². The van der Waals surface area contributed by atoms with Gasteiger partial charge >= 0.3 is 0 Å². The molecular weight excluding hydrogens is 326 g/mol. The lowest BCUT2D eigenvalue weighted by Crippen LogP contribution is -2.35. The number of hydrogen-bond donors (Lipinski definition) is 0. The van der Waals surface area contributed by atoms with E-state index in [-0.39, 0.29) is 0 Å². The van der Waals surface area contributed by atoms with Crippen molar-refractivity contribution in [1.82, 2.24) is 0 Å². The second kappa shape index (κ2) is 7.00. The van der Waals surface area contributed by atoms with Gasteiger partial charge in [-0.25, -0.2) is 0 Å². The minimum atomic E-state index is 0.600. The predicted octanol–water partition coefficient (Wildman–Crippen LogP) is 6.18. The molecule has 1 aromatic heterocycles. The summed E-state index contributed by atoms with van der Waals surface area (Å²) in [4.78, 5) is 0. The maximum atomic E-state index is 8.76. The van der Waals surface area contributed by atoms with Crippen molar-refractivity contribution in [3.05, 3.63) is 89.6 Å². The predicted molar refractivity (Wildman–Crippen MR) is 115 cm³/mol. The molecule has 0 bridgehead atoms. The third-order valence-electron chi connectivity index (χ3n) is 5.50. The number of fused-ring (bicyclic) bond motifs is 1. The fourth-order valence-electron chi connectivity index (χ4n) is 3.76. The molecule has 134 valence electrons. The van der Waals surface area contributed by atoms with Crippen molar-refractivity contribution in [2.45, 2.75) is 27.2 Å². The molecule has 0 N–H and O–H groups in total. The quantitative estimate of drug-likeness (QED) is 0.387. The Labute approximate surface area is 163 Å². The Morgan fingerprint density at radius 2 is 1.67 bits per heavy atom. The molecule has 0 aliphatic carbocycles. The molecule has 1 nitrogen and oxygen atoms in total. The topological polar surface area (TPSA) is 3.88 Å². The van der Waals surface area contributed by atoms with Crippen LogP contribution in [-0.4, -0.2) is 0 Å². The van der Waals surface area contributed by atoms with E-state index in [0.29, 0.717) is 6.04 Å². The molecule has 0 saturated heterocycles. The molecule has 0 aliphatic rings. The van der Waals surface area contributed by atoms with E-state index >= 15 is 0 Å². The number of rotatable bonds is 3. The van der Waals surface area contributed by atoms with Gasteiger partial charge < -0.3 is 0 Å². The number of pyridine rings is 1. The Bertz CT molecular complexity index is 1180. The van der Waals surface area contributed by atoms with Gasteiger partial charge in [-0.2, -0.15) is 4.57 Å². The standard InChI is InChI=1S/C26H26N/c1-5-20-12-11-18(2)25(16-20)26-24-14-13-22(21-9-7-6-8-10-21)17-23(24)15-19(3)27(26)4/h6-17H,5H2,1-4H3/q+1/i15D. The second-order valence-electron chi connectivity index (χ2n) is 7.25. The first kappa shape index (κ1) is 16.3. The number of benzene rings is 3. The second-order valence-corrected chi connectivity index (χ2v) is 7.25. The number of aryl methyl sites for hydroxylation is 2. The Morgan fingerprint density at radius 1 is 0.889 bits per heavy atom. The lowest BCUT2D eigenvalue weighted by atomic mass is 9.94. The molecule has 0 aliphatic heterocycles. The van der Waals surface area contributed by atoms with Gasteiger partial charge in [-0.15, -0.1) is 0 Å². The van der Waals surface area contributed by atoms with Crippen LogP contribution < -0.4 is 4.57 Å². The molecule has 4 rings (SSSR count). The van der Waals surface area contributed by atoms with Crippen LogP contribution in [0.25, 0.3) is 33.2 Å². The molecule has 1 heterocycles. The number of aromatic nitrogens is 1. The zero-order valence-electron chi connectivity index (χ0n) is 17.5. The van der Waals surface area contributed by atoms with Crippen LogP contribution in [0.2, 0.25) is 0 Å². The summed E-state index contributed by atoms with van der Waals surface area (Å²) in [5.74, 6) is 0. The van der Waals surface area contributed by atoms with Crippen LogP contribution in [0.4, 0.5) is 0 Å². The first-order valence-electron chi connectivity index (χ1n) is 10.1. The summed E-state index contributed by atoms with van der Waals surface area (Å²) >= 11 is 0. The number of hydrogen-bond acceptors (Lipinski definition) is 0. The fourth-order valence-corrected chi connectivity index (χ4v) is 3.76. The maximum absolute atomic E-state index is 8.76. The highest BCUT2D eigenvalue weighted by molar-refractivity contribution is 5.96. The summed E-state index contributed by atoms with van der Waals surface area (Å²) in [7, 11) is 2.07. The van der Waals surface area contributed by atoms with Crippen molar-refractivity contribution >= 4 is 10.8 Å². The molecule has 0 atom stereocenters. The van der Waals surface area contributed by atoms with Crippen LogP contribution in [0.15, 0.2) is 72.8 Å². The van der Waals surface area contributed by atoms with E-state index in [1.165, 1.54) is 27.9 Å². The first-order valence-corrected chi connectivity index (χ1v) is 9.59. The van der Waals surface area contributed by atoms with Gasteiger partial charge in [-0.3, -0.25) is 0 Å². The molecule has 0 unspecified atom stereocenters. The molecule has 0 spiro atoms. The zero-order valence-corrected chi connectivity index (χ0v) is 16.5. The molecular formula is C26H26N+. The van der Waals surface area contributed by atoms with Gasteiger partial charge in [-0.05, 0) is 59.2 Å². The summed E-state index contributed by atoms with van der Waals surface area (Å²) in [6.45, 7) is 6.40. The van der Waals surface area contributed by atoms with E-state index in [9.17, 15) is 0 Å². The summed E-state index contributed by atoms with van der Waals surface area (Å²) in [5, 5.41) is 2.14. The SMILES string of the molecule is [2H]c1c(C)[n+](C)c(-c2cc(CC)ccc2C)c2ccc(-c3ccccc3)cc12. The van der Waals surface area contributed by atoms with Crippen LogP contribution >= 0.6 is 0 Å². The summed E-state index contributed by atoms with van der Waals surface area (Å²) in [6, 6.07) is 24.2. The molecule has 3 aromatic carbocycles. The van der Waals surface area contributed by atoms with Crippen molar-refractivity contribution in [3.63, 3.8) is 0 Å². The smallest absolute Gasteiger partial charge is 0.198 e. The van der Waals surface area contributed by atoms with Crippen LogP contribution in [0, 0.1) is 13.8 Å². The minimum absolute atomic E-state index is 0.600. The van der Waals surface area contributed by atoms with Gasteiger partial charge in [-0.1, -0.05) is 55.5 Å². The average molecular weight is 354 g/mol. The van der Waals surface area contributed by atoms with Crippen molar-refractivity contribution in [1.29, 1.82) is 0 Å². The Kier molecular flexibility index (Phi) is 4.21. The lowest BCUT2D eigenvalue weighted by molar-refractivity contribution is -0.665. The molecule has 0 radical (unpaired) electrons. The Balaban J connectivity index is 2.05. The first-order chi connectivity index (χ1) is 13.5. The van der Waals surface area contributed by atoms with Gasteiger partial charge in [0.2, 0.25) is 5.69 Å². The molecule has 0 amide bonds. The zero-order chi connectivity index (χ0) is 19.8. The molecule has 4 aromatic rings. The average Bonchev–Trinajstić information content (AvgIpc) is 2.74. The van der Waals surface area contributed by atoms with Gasteiger partial charge in [0.25, 0.3) is 0 Å². The summed E-state index contributed by atoms with van der Waals surface area (Å²) < 4.78 is 10.9.